The maximum atomic E-state index is 11.5. The standard InChI is InChI=1S/C10H23N3O8P2/c1-7(11)9(15)13-6-8(14)4-2-3-5-10(12,22(16,17)18)23(19,20)21/h7H,2-6,11-12H2,1H3,(H,13,15)(H2,16,17,18)(H2,19,20,21)/t7-/m0/s1. The molecule has 0 saturated carbocycles. The van der Waals surface area contributed by atoms with E-state index in [4.69, 9.17) is 31.0 Å². The van der Waals surface area contributed by atoms with Gasteiger partial charge in [-0.2, -0.15) is 0 Å². The number of ketones is 1. The predicted octanol–water partition coefficient (Wildman–Crippen LogP) is -1.45. The van der Waals surface area contributed by atoms with Crippen molar-refractivity contribution in [3.05, 3.63) is 0 Å². The molecule has 11 nitrogen and oxygen atoms in total. The maximum absolute atomic E-state index is 11.5. The number of unbranched alkanes of at least 4 members (excludes halogenated alkanes) is 1. The number of hydrogen-bond acceptors (Lipinski definition) is 6. The lowest BCUT2D eigenvalue weighted by Gasteiger charge is -2.30. The van der Waals surface area contributed by atoms with Crippen molar-refractivity contribution in [3.8, 4) is 0 Å². The normalized spacial score (nSPS) is 14.4. The van der Waals surface area contributed by atoms with Crippen molar-refractivity contribution in [2.75, 3.05) is 6.54 Å². The summed E-state index contributed by atoms with van der Waals surface area (Å²) in [6.45, 7) is 1.20. The van der Waals surface area contributed by atoms with Gasteiger partial charge in [0.25, 0.3) is 0 Å². The minimum Gasteiger partial charge on any atom is -0.348 e. The smallest absolute Gasteiger partial charge is 0.348 e. The fourth-order valence-electron chi connectivity index (χ4n) is 1.60. The summed E-state index contributed by atoms with van der Waals surface area (Å²) in [5.74, 6) is -0.851. The van der Waals surface area contributed by atoms with Gasteiger partial charge >= 0.3 is 15.2 Å². The summed E-state index contributed by atoms with van der Waals surface area (Å²) in [6.07, 6.45) is -0.676. The number of hydrogen-bond donors (Lipinski definition) is 7. The molecule has 0 rings (SSSR count). The van der Waals surface area contributed by atoms with Crippen molar-refractivity contribution in [2.45, 2.75) is 43.7 Å². The van der Waals surface area contributed by atoms with Crippen LogP contribution in [0.3, 0.4) is 0 Å². The summed E-state index contributed by atoms with van der Waals surface area (Å²) >= 11 is 0. The molecule has 0 aromatic rings. The Bertz CT molecular complexity index is 504. The van der Waals surface area contributed by atoms with Crippen molar-refractivity contribution in [3.63, 3.8) is 0 Å². The minimum absolute atomic E-state index is 0.0440. The molecular weight excluding hydrogens is 352 g/mol. The molecule has 0 aliphatic rings. The first-order valence-electron chi connectivity index (χ1n) is 6.67. The van der Waals surface area contributed by atoms with Gasteiger partial charge in [0.1, 0.15) is 0 Å². The van der Waals surface area contributed by atoms with E-state index in [0.717, 1.165) is 0 Å². The van der Waals surface area contributed by atoms with E-state index in [-0.39, 0.29) is 31.6 Å². The van der Waals surface area contributed by atoms with Crippen LogP contribution in [-0.2, 0) is 18.7 Å². The van der Waals surface area contributed by atoms with Crippen LogP contribution in [0.1, 0.15) is 32.6 Å². The number of carbonyl (C=O) groups excluding carboxylic acids is 2. The molecule has 136 valence electrons. The van der Waals surface area contributed by atoms with Gasteiger partial charge < -0.3 is 36.4 Å². The number of nitrogens with two attached hydrogens (primary N) is 2. The van der Waals surface area contributed by atoms with E-state index in [2.05, 4.69) is 5.32 Å². The lowest BCUT2D eigenvalue weighted by atomic mass is 10.1. The maximum Gasteiger partial charge on any atom is 0.357 e. The van der Waals surface area contributed by atoms with Crippen molar-refractivity contribution in [2.24, 2.45) is 11.5 Å². The summed E-state index contributed by atoms with van der Waals surface area (Å²) in [7, 11) is -10.5. The second-order valence-electron chi connectivity index (χ2n) is 5.22. The Morgan fingerprint density at radius 1 is 1.13 bits per heavy atom. The van der Waals surface area contributed by atoms with Crippen LogP contribution in [0.4, 0.5) is 0 Å². The molecule has 0 aliphatic heterocycles. The van der Waals surface area contributed by atoms with Gasteiger partial charge in [0.2, 0.25) is 10.9 Å². The van der Waals surface area contributed by atoms with Gasteiger partial charge in [0.05, 0.1) is 12.6 Å². The predicted molar refractivity (Wildman–Crippen MR) is 81.1 cm³/mol. The third-order valence-corrected chi connectivity index (χ3v) is 7.16. The highest BCUT2D eigenvalue weighted by atomic mass is 31.2. The topological polar surface area (TPSA) is 213 Å². The Morgan fingerprint density at radius 3 is 2.00 bits per heavy atom. The highest BCUT2D eigenvalue weighted by Gasteiger charge is 2.56. The van der Waals surface area contributed by atoms with Gasteiger partial charge in [-0.05, 0) is 26.2 Å². The molecular formula is C10H23N3O8P2. The van der Waals surface area contributed by atoms with Gasteiger partial charge in [0.15, 0.2) is 5.78 Å². The molecule has 0 aromatic heterocycles. The molecule has 0 heterocycles. The van der Waals surface area contributed by atoms with E-state index in [1.54, 1.807) is 0 Å². The van der Waals surface area contributed by atoms with E-state index < -0.39 is 38.6 Å². The third kappa shape index (κ3) is 6.78. The van der Waals surface area contributed by atoms with Crippen LogP contribution < -0.4 is 16.8 Å². The molecule has 0 bridgehead atoms. The van der Waals surface area contributed by atoms with Crippen molar-refractivity contribution in [1.82, 2.24) is 5.32 Å². The van der Waals surface area contributed by atoms with Crippen LogP contribution >= 0.6 is 15.2 Å². The average Bonchev–Trinajstić information content (AvgIpc) is 2.37. The van der Waals surface area contributed by atoms with Gasteiger partial charge in [-0.3, -0.25) is 18.7 Å². The van der Waals surface area contributed by atoms with Crippen molar-refractivity contribution >= 4 is 26.9 Å². The number of carbonyl (C=O) groups is 2. The SMILES string of the molecule is C[C@H](N)C(=O)NCC(=O)CCCCC(N)(P(=O)(O)O)P(=O)(O)O. The van der Waals surface area contributed by atoms with Gasteiger partial charge in [-0.15, -0.1) is 0 Å². The van der Waals surface area contributed by atoms with Crippen LogP contribution in [0.25, 0.3) is 0 Å². The zero-order chi connectivity index (χ0) is 18.5. The molecule has 0 spiro atoms. The van der Waals surface area contributed by atoms with Crippen LogP contribution in [0.5, 0.6) is 0 Å². The molecule has 0 unspecified atom stereocenters. The summed E-state index contributed by atoms with van der Waals surface area (Å²) in [5, 5.41) is -0.666. The Hall–Kier alpha value is -0.640. The van der Waals surface area contributed by atoms with Gasteiger partial charge in [-0.25, -0.2) is 0 Å². The van der Waals surface area contributed by atoms with Crippen LogP contribution in [0.15, 0.2) is 0 Å². The van der Waals surface area contributed by atoms with Crippen molar-refractivity contribution < 1.29 is 38.3 Å². The molecule has 0 saturated heterocycles. The van der Waals surface area contributed by atoms with Crippen LogP contribution in [0, 0.1) is 0 Å². The molecule has 0 aromatic carbocycles. The quantitative estimate of drug-likeness (QED) is 0.174. The minimum atomic E-state index is -5.25. The lowest BCUT2D eigenvalue weighted by molar-refractivity contribution is -0.125. The van der Waals surface area contributed by atoms with Gasteiger partial charge in [0, 0.05) is 6.42 Å². The molecule has 9 N–H and O–H groups in total. The second kappa shape index (κ2) is 8.46. The first kappa shape index (κ1) is 22.4. The van der Waals surface area contributed by atoms with E-state index in [1.165, 1.54) is 6.92 Å². The zero-order valence-electron chi connectivity index (χ0n) is 12.6. The number of rotatable bonds is 10. The zero-order valence-corrected chi connectivity index (χ0v) is 14.4. The Kier molecular flexibility index (Phi) is 8.22. The number of amides is 1. The second-order valence-corrected chi connectivity index (χ2v) is 9.34. The molecule has 0 fully saturated rings. The third-order valence-electron chi connectivity index (χ3n) is 3.13. The fourth-order valence-corrected chi connectivity index (χ4v) is 3.86. The summed E-state index contributed by atoms with van der Waals surface area (Å²) in [5.41, 5.74) is 10.5. The summed E-state index contributed by atoms with van der Waals surface area (Å²) in [6, 6.07) is -0.757. The highest BCUT2D eigenvalue weighted by molar-refractivity contribution is 7.72. The largest absolute Gasteiger partial charge is 0.357 e. The molecule has 1 atom stereocenters. The molecule has 1 amide bonds. The Balaban J connectivity index is 4.39. The first-order valence-corrected chi connectivity index (χ1v) is 9.90. The van der Waals surface area contributed by atoms with E-state index in [0.29, 0.717) is 0 Å². The molecule has 0 aliphatic carbocycles. The Morgan fingerprint density at radius 2 is 1.61 bits per heavy atom. The van der Waals surface area contributed by atoms with E-state index in [9.17, 15) is 18.7 Å². The molecule has 13 heteroatoms. The number of Topliss-reactive ketones (excluding diaryl/α,β-unsaturated/α-hetero) is 1. The fraction of sp³-hybridized carbons (Fsp3) is 0.800. The molecule has 23 heavy (non-hydrogen) atoms. The first-order chi connectivity index (χ1) is 10.2. The summed E-state index contributed by atoms with van der Waals surface area (Å²) < 4.78 is 22.4. The molecule has 0 radical (unpaired) electrons. The van der Waals surface area contributed by atoms with Crippen molar-refractivity contribution in [1.29, 1.82) is 0 Å². The highest BCUT2D eigenvalue weighted by Crippen LogP contribution is 2.67. The van der Waals surface area contributed by atoms with Gasteiger partial charge in [-0.1, -0.05) is 0 Å². The van der Waals surface area contributed by atoms with E-state index in [1.807, 2.05) is 0 Å². The average molecular weight is 375 g/mol. The number of nitrogens with one attached hydrogen (secondary N) is 1. The lowest BCUT2D eigenvalue weighted by Crippen LogP contribution is -2.40. The Labute approximate surface area is 133 Å². The van der Waals surface area contributed by atoms with E-state index >= 15 is 0 Å². The van der Waals surface area contributed by atoms with Crippen LogP contribution in [-0.4, -0.2) is 48.9 Å². The monoisotopic (exact) mass is 375 g/mol. The van der Waals surface area contributed by atoms with Crippen LogP contribution in [0.2, 0.25) is 0 Å². The summed E-state index contributed by atoms with van der Waals surface area (Å²) in [4.78, 5) is 58.8.